The Kier molecular flexibility index (Phi) is 3.80. The quantitative estimate of drug-likeness (QED) is 0.693. The molecule has 0 saturated carbocycles. The molecule has 3 rings (SSSR count). The summed E-state index contributed by atoms with van der Waals surface area (Å²) in [6.45, 7) is 2.09. The number of benzene rings is 2. The van der Waals surface area contributed by atoms with Crippen molar-refractivity contribution < 1.29 is 4.74 Å². The first-order valence-corrected chi connectivity index (χ1v) is 7.22. The van der Waals surface area contributed by atoms with Gasteiger partial charge in [-0.1, -0.05) is 35.4 Å². The van der Waals surface area contributed by atoms with Crippen LogP contribution in [0.5, 0.6) is 5.88 Å². The second kappa shape index (κ2) is 5.74. The highest BCUT2D eigenvalue weighted by atomic mass is 35.5. The SMILES string of the molecule is COc1nc2ccc(C)cc2cc1Cc1ccc(Cl)cc1. The summed E-state index contributed by atoms with van der Waals surface area (Å²) in [7, 11) is 1.66. The molecule has 1 aromatic heterocycles. The minimum atomic E-state index is 0.682. The molecular formula is C18H16ClNO. The number of rotatable bonds is 3. The number of aromatic nitrogens is 1. The highest BCUT2D eigenvalue weighted by molar-refractivity contribution is 6.30. The normalized spacial score (nSPS) is 10.8. The summed E-state index contributed by atoms with van der Waals surface area (Å²) >= 11 is 5.93. The van der Waals surface area contributed by atoms with Crippen LogP contribution in [-0.4, -0.2) is 12.1 Å². The molecule has 0 spiro atoms. The number of ether oxygens (including phenoxy) is 1. The van der Waals surface area contributed by atoms with Crippen molar-refractivity contribution in [2.45, 2.75) is 13.3 Å². The molecule has 3 heteroatoms. The monoisotopic (exact) mass is 297 g/mol. The van der Waals surface area contributed by atoms with E-state index in [0.29, 0.717) is 5.88 Å². The van der Waals surface area contributed by atoms with Gasteiger partial charge in [-0.15, -0.1) is 0 Å². The molecule has 0 N–H and O–H groups in total. The van der Waals surface area contributed by atoms with Crippen molar-refractivity contribution in [3.8, 4) is 5.88 Å². The lowest BCUT2D eigenvalue weighted by atomic mass is 10.0. The minimum absolute atomic E-state index is 0.682. The van der Waals surface area contributed by atoms with Gasteiger partial charge in [-0.3, -0.25) is 0 Å². The molecule has 2 aromatic carbocycles. The van der Waals surface area contributed by atoms with E-state index >= 15 is 0 Å². The maximum atomic E-state index is 5.93. The fraction of sp³-hybridized carbons (Fsp3) is 0.167. The van der Waals surface area contributed by atoms with Crippen molar-refractivity contribution >= 4 is 22.5 Å². The predicted octanol–water partition coefficient (Wildman–Crippen LogP) is 4.80. The molecule has 0 saturated heterocycles. The first-order chi connectivity index (χ1) is 10.2. The average molecular weight is 298 g/mol. The highest BCUT2D eigenvalue weighted by Crippen LogP contribution is 2.25. The van der Waals surface area contributed by atoms with E-state index in [1.54, 1.807) is 7.11 Å². The van der Waals surface area contributed by atoms with Gasteiger partial charge in [0.2, 0.25) is 5.88 Å². The number of fused-ring (bicyclic) bond motifs is 1. The topological polar surface area (TPSA) is 22.1 Å². The molecule has 21 heavy (non-hydrogen) atoms. The zero-order valence-electron chi connectivity index (χ0n) is 12.1. The van der Waals surface area contributed by atoms with Crippen LogP contribution in [0.25, 0.3) is 10.9 Å². The first kappa shape index (κ1) is 13.9. The van der Waals surface area contributed by atoms with Gasteiger partial charge < -0.3 is 4.74 Å². The van der Waals surface area contributed by atoms with Crippen LogP contribution in [0, 0.1) is 6.92 Å². The Bertz CT molecular complexity index is 781. The van der Waals surface area contributed by atoms with E-state index in [9.17, 15) is 0 Å². The summed E-state index contributed by atoms with van der Waals surface area (Å²) < 4.78 is 5.44. The summed E-state index contributed by atoms with van der Waals surface area (Å²) in [4.78, 5) is 4.60. The fourth-order valence-electron chi connectivity index (χ4n) is 2.45. The largest absolute Gasteiger partial charge is 0.481 e. The third-order valence-electron chi connectivity index (χ3n) is 3.51. The second-order valence-corrected chi connectivity index (χ2v) is 5.59. The van der Waals surface area contributed by atoms with Gasteiger partial charge in [-0.05, 0) is 42.8 Å². The molecule has 0 aliphatic carbocycles. The van der Waals surface area contributed by atoms with Gasteiger partial charge in [0.25, 0.3) is 0 Å². The molecule has 106 valence electrons. The number of methoxy groups -OCH3 is 1. The maximum absolute atomic E-state index is 5.93. The summed E-state index contributed by atoms with van der Waals surface area (Å²) in [5.41, 5.74) is 4.45. The maximum Gasteiger partial charge on any atom is 0.217 e. The smallest absolute Gasteiger partial charge is 0.217 e. The molecule has 3 aromatic rings. The van der Waals surface area contributed by atoms with Crippen molar-refractivity contribution in [3.63, 3.8) is 0 Å². The number of nitrogens with zero attached hydrogens (tertiary/aromatic N) is 1. The van der Waals surface area contributed by atoms with Gasteiger partial charge in [-0.2, -0.15) is 0 Å². The Balaban J connectivity index is 2.05. The van der Waals surface area contributed by atoms with E-state index in [-0.39, 0.29) is 0 Å². The third-order valence-corrected chi connectivity index (χ3v) is 3.76. The number of halogens is 1. The number of hydrogen-bond donors (Lipinski definition) is 0. The molecule has 1 heterocycles. The molecule has 2 nitrogen and oxygen atoms in total. The predicted molar refractivity (Wildman–Crippen MR) is 87.3 cm³/mol. The minimum Gasteiger partial charge on any atom is -0.481 e. The average Bonchev–Trinajstić information content (AvgIpc) is 2.49. The van der Waals surface area contributed by atoms with Crippen LogP contribution < -0.4 is 4.74 Å². The molecular weight excluding hydrogens is 282 g/mol. The standard InChI is InChI=1S/C18H16ClNO/c1-12-3-8-17-14(9-12)11-15(18(20-17)21-2)10-13-4-6-16(19)7-5-13/h3-9,11H,10H2,1-2H3. The van der Waals surface area contributed by atoms with Gasteiger partial charge in [0.1, 0.15) is 0 Å². The first-order valence-electron chi connectivity index (χ1n) is 6.84. The van der Waals surface area contributed by atoms with Crippen molar-refractivity contribution in [1.82, 2.24) is 4.98 Å². The zero-order valence-corrected chi connectivity index (χ0v) is 12.8. The van der Waals surface area contributed by atoms with Crippen LogP contribution in [0.15, 0.2) is 48.5 Å². The van der Waals surface area contributed by atoms with E-state index < -0.39 is 0 Å². The van der Waals surface area contributed by atoms with E-state index in [4.69, 9.17) is 16.3 Å². The molecule has 0 aliphatic rings. The van der Waals surface area contributed by atoms with Crippen LogP contribution in [-0.2, 0) is 6.42 Å². The van der Waals surface area contributed by atoms with Crippen molar-refractivity contribution in [1.29, 1.82) is 0 Å². The van der Waals surface area contributed by atoms with Crippen molar-refractivity contribution in [3.05, 3.63) is 70.2 Å². The van der Waals surface area contributed by atoms with Crippen LogP contribution in [0.3, 0.4) is 0 Å². The van der Waals surface area contributed by atoms with Gasteiger partial charge >= 0.3 is 0 Å². The number of pyridine rings is 1. The van der Waals surface area contributed by atoms with Crippen LogP contribution >= 0.6 is 11.6 Å². The molecule has 0 amide bonds. The zero-order chi connectivity index (χ0) is 14.8. The lowest BCUT2D eigenvalue weighted by Crippen LogP contribution is -1.97. The number of aryl methyl sites for hydroxylation is 1. The van der Waals surface area contributed by atoms with E-state index in [0.717, 1.165) is 27.9 Å². The van der Waals surface area contributed by atoms with Gasteiger partial charge in [0, 0.05) is 22.4 Å². The lowest BCUT2D eigenvalue weighted by molar-refractivity contribution is 0.395. The van der Waals surface area contributed by atoms with E-state index in [1.807, 2.05) is 30.3 Å². The Morgan fingerprint density at radius 1 is 1.05 bits per heavy atom. The lowest BCUT2D eigenvalue weighted by Gasteiger charge is -2.10. The molecule has 0 atom stereocenters. The van der Waals surface area contributed by atoms with Crippen LogP contribution in [0.1, 0.15) is 16.7 Å². The fourth-order valence-corrected chi connectivity index (χ4v) is 2.57. The van der Waals surface area contributed by atoms with Crippen molar-refractivity contribution in [2.75, 3.05) is 7.11 Å². The van der Waals surface area contributed by atoms with E-state index in [2.05, 4.69) is 30.1 Å². The third kappa shape index (κ3) is 3.01. The summed E-state index contributed by atoms with van der Waals surface area (Å²) in [6, 6.07) is 16.3. The van der Waals surface area contributed by atoms with Crippen LogP contribution in [0.4, 0.5) is 0 Å². The molecule has 0 aliphatic heterocycles. The Morgan fingerprint density at radius 3 is 2.52 bits per heavy atom. The summed E-state index contributed by atoms with van der Waals surface area (Å²) in [6.07, 6.45) is 0.775. The summed E-state index contributed by atoms with van der Waals surface area (Å²) in [5.74, 6) is 0.682. The Hall–Kier alpha value is -2.06. The summed E-state index contributed by atoms with van der Waals surface area (Å²) in [5, 5.41) is 1.89. The van der Waals surface area contributed by atoms with Gasteiger partial charge in [0.05, 0.1) is 12.6 Å². The van der Waals surface area contributed by atoms with Gasteiger partial charge in [0.15, 0.2) is 0 Å². The molecule has 0 bridgehead atoms. The Labute approximate surface area is 129 Å². The second-order valence-electron chi connectivity index (χ2n) is 5.16. The highest BCUT2D eigenvalue weighted by Gasteiger charge is 2.08. The Morgan fingerprint density at radius 2 is 1.81 bits per heavy atom. The van der Waals surface area contributed by atoms with E-state index in [1.165, 1.54) is 11.1 Å². The molecule has 0 radical (unpaired) electrons. The number of hydrogen-bond acceptors (Lipinski definition) is 2. The van der Waals surface area contributed by atoms with Crippen molar-refractivity contribution in [2.24, 2.45) is 0 Å². The van der Waals surface area contributed by atoms with Crippen LogP contribution in [0.2, 0.25) is 5.02 Å². The van der Waals surface area contributed by atoms with Gasteiger partial charge in [-0.25, -0.2) is 4.98 Å². The molecule has 0 fully saturated rings. The molecule has 0 unspecified atom stereocenters.